The quantitative estimate of drug-likeness (QED) is 0.228. The van der Waals surface area contributed by atoms with Crippen molar-refractivity contribution < 1.29 is 5.11 Å². The standard InChI is InChI=1S/C8H15O.3C4H9.Sn/c1-3-5-6-7-8(9)4-2;3*1-3-4-2;/h2,4,8-9H,3,5-7H2,1H3;3*1,3-4H2,2H3;/t8-;;;;/m0..../s1. The van der Waals surface area contributed by atoms with Crippen LogP contribution in [-0.2, 0) is 0 Å². The van der Waals surface area contributed by atoms with Crippen molar-refractivity contribution in [3.8, 4) is 0 Å². The summed E-state index contributed by atoms with van der Waals surface area (Å²) in [4.78, 5) is 0. The van der Waals surface area contributed by atoms with E-state index in [1.165, 1.54) is 71.1 Å². The molecule has 0 aromatic rings. The van der Waals surface area contributed by atoms with E-state index < -0.39 is 18.4 Å². The fraction of sp³-hybridized carbons (Fsp3) is 0.900. The molecular formula is C20H42OSn. The van der Waals surface area contributed by atoms with Crippen LogP contribution in [0.25, 0.3) is 0 Å². The van der Waals surface area contributed by atoms with Gasteiger partial charge in [-0.2, -0.15) is 0 Å². The van der Waals surface area contributed by atoms with Crippen LogP contribution < -0.4 is 0 Å². The summed E-state index contributed by atoms with van der Waals surface area (Å²) in [6, 6.07) is 0. The normalized spacial score (nSPS) is 13.9. The predicted molar refractivity (Wildman–Crippen MR) is 104 cm³/mol. The van der Waals surface area contributed by atoms with E-state index in [4.69, 9.17) is 0 Å². The molecule has 0 saturated carbocycles. The van der Waals surface area contributed by atoms with Gasteiger partial charge in [0.25, 0.3) is 0 Å². The van der Waals surface area contributed by atoms with Crippen molar-refractivity contribution in [2.45, 2.75) is 111 Å². The topological polar surface area (TPSA) is 20.2 Å². The van der Waals surface area contributed by atoms with Gasteiger partial charge in [0.05, 0.1) is 0 Å². The summed E-state index contributed by atoms with van der Waals surface area (Å²) in [6.45, 7) is 9.18. The molecule has 2 heteroatoms. The Morgan fingerprint density at radius 2 is 1.18 bits per heavy atom. The maximum atomic E-state index is 10.3. The van der Waals surface area contributed by atoms with Crippen molar-refractivity contribution in [3.63, 3.8) is 0 Å². The van der Waals surface area contributed by atoms with Gasteiger partial charge in [0.15, 0.2) is 0 Å². The molecule has 0 aromatic carbocycles. The van der Waals surface area contributed by atoms with Crippen molar-refractivity contribution in [1.82, 2.24) is 0 Å². The van der Waals surface area contributed by atoms with Crippen LogP contribution in [0.15, 0.2) is 10.2 Å². The number of aliphatic hydroxyl groups is 1. The zero-order valence-corrected chi connectivity index (χ0v) is 18.7. The SMILES string of the molecule is CCCCC[C@@H](O)/C=[CH]/[Sn]([CH2]CCC)([CH2]CCC)[CH2]CCC. The van der Waals surface area contributed by atoms with E-state index in [0.717, 1.165) is 6.42 Å². The van der Waals surface area contributed by atoms with Gasteiger partial charge in [0.2, 0.25) is 0 Å². The van der Waals surface area contributed by atoms with Crippen LogP contribution >= 0.6 is 0 Å². The predicted octanol–water partition coefficient (Wildman–Crippen LogP) is 6.87. The Morgan fingerprint density at radius 1 is 0.727 bits per heavy atom. The number of rotatable bonds is 15. The number of hydrogen-bond acceptors (Lipinski definition) is 1. The molecule has 0 fully saturated rings. The van der Waals surface area contributed by atoms with Crippen molar-refractivity contribution in [2.24, 2.45) is 0 Å². The van der Waals surface area contributed by atoms with Crippen LogP contribution in [0.3, 0.4) is 0 Å². The zero-order valence-electron chi connectivity index (χ0n) is 15.9. The summed E-state index contributed by atoms with van der Waals surface area (Å²) in [5.74, 6) is 0. The van der Waals surface area contributed by atoms with Gasteiger partial charge in [-0.25, -0.2) is 0 Å². The molecule has 0 unspecified atom stereocenters. The molecule has 132 valence electrons. The minimum atomic E-state index is -2.15. The van der Waals surface area contributed by atoms with Crippen molar-refractivity contribution >= 4 is 18.4 Å². The molecular weight excluding hydrogens is 375 g/mol. The fourth-order valence-corrected chi connectivity index (χ4v) is 17.6. The third-order valence-corrected chi connectivity index (χ3v) is 19.0. The number of hydrogen-bond donors (Lipinski definition) is 1. The number of aliphatic hydroxyl groups excluding tert-OH is 1. The molecule has 0 aromatic heterocycles. The average Bonchev–Trinajstić information content (AvgIpc) is 2.54. The van der Waals surface area contributed by atoms with Crippen LogP contribution in [0.2, 0.25) is 13.3 Å². The van der Waals surface area contributed by atoms with E-state index in [9.17, 15) is 5.11 Å². The van der Waals surface area contributed by atoms with Gasteiger partial charge in [0.1, 0.15) is 0 Å². The summed E-state index contributed by atoms with van der Waals surface area (Å²) < 4.78 is 7.13. The van der Waals surface area contributed by atoms with Gasteiger partial charge in [-0.3, -0.25) is 0 Å². The van der Waals surface area contributed by atoms with E-state index in [-0.39, 0.29) is 6.10 Å². The molecule has 0 heterocycles. The van der Waals surface area contributed by atoms with Gasteiger partial charge in [-0.15, -0.1) is 0 Å². The Labute approximate surface area is 144 Å². The van der Waals surface area contributed by atoms with E-state index in [2.05, 4.69) is 37.9 Å². The first kappa shape index (κ1) is 22.5. The Bertz CT molecular complexity index is 241. The van der Waals surface area contributed by atoms with Crippen molar-refractivity contribution in [2.75, 3.05) is 0 Å². The van der Waals surface area contributed by atoms with Crippen molar-refractivity contribution in [3.05, 3.63) is 10.2 Å². The molecule has 0 rings (SSSR count). The van der Waals surface area contributed by atoms with E-state index in [1.807, 2.05) is 0 Å². The Hall–Kier alpha value is 0.499. The van der Waals surface area contributed by atoms with Crippen LogP contribution in [0, 0.1) is 0 Å². The Kier molecular flexibility index (Phi) is 15.4. The molecule has 0 aliphatic heterocycles. The molecule has 0 aliphatic rings. The molecule has 0 amide bonds. The molecule has 0 radical (unpaired) electrons. The van der Waals surface area contributed by atoms with Gasteiger partial charge >= 0.3 is 145 Å². The summed E-state index contributed by atoms with van der Waals surface area (Å²) in [5, 5.41) is 10.3. The van der Waals surface area contributed by atoms with Crippen LogP contribution in [0.1, 0.15) is 91.9 Å². The number of unbranched alkanes of at least 4 members (excludes halogenated alkanes) is 5. The molecule has 1 nitrogen and oxygen atoms in total. The molecule has 1 atom stereocenters. The van der Waals surface area contributed by atoms with E-state index in [0.29, 0.717) is 0 Å². The second-order valence-electron chi connectivity index (χ2n) is 7.10. The zero-order chi connectivity index (χ0) is 16.7. The minimum absolute atomic E-state index is 0.187. The van der Waals surface area contributed by atoms with Crippen molar-refractivity contribution in [1.29, 1.82) is 0 Å². The molecule has 0 saturated heterocycles. The summed E-state index contributed by atoms with van der Waals surface area (Å²) in [5.41, 5.74) is 0. The van der Waals surface area contributed by atoms with E-state index in [1.54, 1.807) is 0 Å². The van der Waals surface area contributed by atoms with Gasteiger partial charge in [0, 0.05) is 0 Å². The third-order valence-electron chi connectivity index (χ3n) is 4.86. The molecule has 0 spiro atoms. The van der Waals surface area contributed by atoms with Gasteiger partial charge in [-0.1, -0.05) is 0 Å². The Balaban J connectivity index is 4.74. The first-order valence-corrected chi connectivity index (χ1v) is 17.7. The summed E-state index contributed by atoms with van der Waals surface area (Å²) >= 11 is -2.15. The third kappa shape index (κ3) is 11.1. The summed E-state index contributed by atoms with van der Waals surface area (Å²) in [7, 11) is 0. The van der Waals surface area contributed by atoms with Crippen LogP contribution in [-0.4, -0.2) is 29.6 Å². The maximum absolute atomic E-state index is 10.3. The Morgan fingerprint density at radius 3 is 1.59 bits per heavy atom. The average molecular weight is 417 g/mol. The van der Waals surface area contributed by atoms with Gasteiger partial charge in [-0.05, 0) is 0 Å². The monoisotopic (exact) mass is 418 g/mol. The van der Waals surface area contributed by atoms with Crippen LogP contribution in [0.5, 0.6) is 0 Å². The molecule has 22 heavy (non-hydrogen) atoms. The second kappa shape index (κ2) is 15.1. The fourth-order valence-electron chi connectivity index (χ4n) is 3.23. The molecule has 1 N–H and O–H groups in total. The van der Waals surface area contributed by atoms with Gasteiger partial charge < -0.3 is 0 Å². The first-order chi connectivity index (χ1) is 10.6. The summed E-state index contributed by atoms with van der Waals surface area (Å²) in [6.07, 6.45) is 14.8. The van der Waals surface area contributed by atoms with Crippen LogP contribution in [0.4, 0.5) is 0 Å². The first-order valence-electron chi connectivity index (χ1n) is 10.0. The van der Waals surface area contributed by atoms with E-state index >= 15 is 0 Å². The second-order valence-corrected chi connectivity index (χ2v) is 20.1. The molecule has 0 bridgehead atoms. The molecule has 0 aliphatic carbocycles.